The average Bonchev–Trinajstić information content (AvgIpc) is 2.60. The van der Waals surface area contributed by atoms with E-state index in [1.54, 1.807) is 0 Å². The molecule has 0 rings (SSSR count). The highest BCUT2D eigenvalue weighted by Crippen LogP contribution is 2.16. The first-order chi connectivity index (χ1) is 14.1. The lowest BCUT2D eigenvalue weighted by molar-refractivity contribution is -0.970. The van der Waals surface area contributed by atoms with Gasteiger partial charge in [0, 0.05) is 5.57 Å². The minimum atomic E-state index is -4.18. The van der Waals surface area contributed by atoms with Crippen molar-refractivity contribution >= 4 is 11.9 Å². The van der Waals surface area contributed by atoms with Crippen molar-refractivity contribution in [2.75, 3.05) is 13.2 Å². The topological polar surface area (TPSA) is 311 Å². The largest absolute Gasteiger partial charge is 0.734 e. The van der Waals surface area contributed by atoms with Gasteiger partial charge in [-0.25, -0.2) is 4.79 Å². The van der Waals surface area contributed by atoms with Crippen LogP contribution in [0.4, 0.5) is 0 Å². The van der Waals surface area contributed by atoms with E-state index in [9.17, 15) is 70.3 Å². The Hall–Kier alpha value is -4.92. The number of hydrogen-bond donors (Lipinski definition) is 0. The molecule has 0 amide bonds. The highest BCUT2D eigenvalue weighted by atomic mass is 16.8. The van der Waals surface area contributed by atoms with Gasteiger partial charge in [0.1, 0.15) is 0 Å². The molecule has 0 unspecified atom stereocenters. The molecule has 0 aliphatic heterocycles. The number of carbonyl (C=O) groups is 2. The molecule has 0 atom stereocenters. The monoisotopic (exact) mass is 456 g/mol. The van der Waals surface area contributed by atoms with E-state index < -0.39 is 78.3 Å². The molecule has 0 aromatic heterocycles. The fraction of sp³-hybridized carbons (Fsp3) is 0.556. The zero-order valence-corrected chi connectivity index (χ0v) is 14.5. The van der Waals surface area contributed by atoms with Gasteiger partial charge >= 0.3 is 36.7 Å². The molecule has 0 aromatic carbocycles. The summed E-state index contributed by atoms with van der Waals surface area (Å²) < 4.78 is 8.03. The van der Waals surface area contributed by atoms with Crippen LogP contribution in [-0.2, 0) is 19.1 Å². The Morgan fingerprint density at radius 1 is 0.645 bits per heavy atom. The van der Waals surface area contributed by atoms with Gasteiger partial charge < -0.3 is 9.47 Å². The average molecular weight is 456 g/mol. The summed E-state index contributed by atoms with van der Waals surface area (Å²) >= 11 is 0. The minimum absolute atomic E-state index is 1.03. The Morgan fingerprint density at radius 2 is 0.935 bits per heavy atom. The van der Waals surface area contributed by atoms with Gasteiger partial charge in [-0.2, -0.15) is 0 Å². The molecule has 0 fully saturated rings. The van der Waals surface area contributed by atoms with Crippen LogP contribution in [0.3, 0.4) is 0 Å². The molecule has 0 saturated heterocycles. The van der Waals surface area contributed by atoms with Gasteiger partial charge in [-0.05, 0) is 0 Å². The van der Waals surface area contributed by atoms with Gasteiger partial charge in [-0.1, -0.05) is 6.58 Å². The summed E-state index contributed by atoms with van der Waals surface area (Å²) in [5, 5.41) is 64.0. The second-order valence-corrected chi connectivity index (χ2v) is 5.11. The van der Waals surface area contributed by atoms with Crippen LogP contribution in [0.5, 0.6) is 0 Å². The maximum atomic E-state index is 11.6. The summed E-state index contributed by atoms with van der Waals surface area (Å²) in [4.78, 5) is 75.3. The lowest BCUT2D eigenvalue weighted by Gasteiger charge is -2.11. The second-order valence-electron chi connectivity index (χ2n) is 5.11. The van der Waals surface area contributed by atoms with Crippen LogP contribution in [0.25, 0.3) is 0 Å². The van der Waals surface area contributed by atoms with Gasteiger partial charge in [0.2, 0.25) is 0 Å². The van der Waals surface area contributed by atoms with Crippen molar-refractivity contribution in [1.29, 1.82) is 0 Å². The first-order valence-corrected chi connectivity index (χ1v) is 6.94. The van der Waals surface area contributed by atoms with Crippen molar-refractivity contribution in [3.05, 3.63) is 72.8 Å². The summed E-state index contributed by atoms with van der Waals surface area (Å²) in [7, 11) is 0. The van der Waals surface area contributed by atoms with Gasteiger partial charge in [-0.15, -0.1) is 0 Å². The first kappa shape index (κ1) is 26.1. The van der Waals surface area contributed by atoms with Crippen LogP contribution >= 0.6 is 0 Å². The molecule has 22 nitrogen and oxygen atoms in total. The van der Waals surface area contributed by atoms with Crippen molar-refractivity contribution in [3.63, 3.8) is 0 Å². The molecule has 0 bridgehead atoms. The molecular weight excluding hydrogens is 448 g/mol. The molecule has 0 saturated carbocycles. The molecule has 0 radical (unpaired) electrons. The molecule has 0 aliphatic carbocycles. The van der Waals surface area contributed by atoms with E-state index in [0.717, 1.165) is 0 Å². The summed E-state index contributed by atoms with van der Waals surface area (Å²) in [6.45, 7) is -1.17. The quantitative estimate of drug-likeness (QED) is 0.0949. The fourth-order valence-electron chi connectivity index (χ4n) is 1.46. The first-order valence-electron chi connectivity index (χ1n) is 6.94. The molecule has 0 heterocycles. The SMILES string of the molecule is C=C(CC(=O)OCC([N+](=O)[O-])([N+](=O)[O-])[N+](=O)[O-])C(=O)OCC([N+](=O)[O-])([N+](=O)[O-])[N+](=O)[O-]. The Kier molecular flexibility index (Phi) is 8.01. The number of rotatable bonds is 13. The van der Waals surface area contributed by atoms with Crippen LogP contribution < -0.4 is 0 Å². The third-order valence-corrected chi connectivity index (χ3v) is 3.22. The Labute approximate surface area is 165 Å². The predicted octanol–water partition coefficient (Wildman–Crippen LogP) is -2.01. The van der Waals surface area contributed by atoms with E-state index in [-0.39, 0.29) is 0 Å². The highest BCUT2D eigenvalue weighted by Gasteiger charge is 2.73. The van der Waals surface area contributed by atoms with Crippen LogP contribution in [-0.4, -0.2) is 66.3 Å². The van der Waals surface area contributed by atoms with Crippen LogP contribution in [0.15, 0.2) is 12.2 Å². The van der Waals surface area contributed by atoms with E-state index >= 15 is 0 Å². The Bertz CT molecular complexity index is 807. The van der Waals surface area contributed by atoms with E-state index in [1.165, 1.54) is 0 Å². The number of ether oxygens (including phenoxy) is 2. The molecular formula is C9H8N6O16. The number of nitro groups is 6. The maximum absolute atomic E-state index is 11.6. The Balaban J connectivity index is 5.21. The van der Waals surface area contributed by atoms with Gasteiger partial charge in [-0.3, -0.25) is 65.5 Å². The Morgan fingerprint density at radius 3 is 1.23 bits per heavy atom. The fourth-order valence-corrected chi connectivity index (χ4v) is 1.46. The van der Waals surface area contributed by atoms with Crippen LogP contribution in [0, 0.1) is 60.7 Å². The third-order valence-electron chi connectivity index (χ3n) is 3.22. The standard InChI is InChI=1S/C9H8N6O16/c1-5(7(17)31-4-9(13(24)25,14(26)27)15(28)29)2-6(16)30-3-8(10(18)19,11(20)21)12(22)23/h1-4H2. The summed E-state index contributed by atoms with van der Waals surface area (Å²) in [5.41, 5.74) is -1.03. The molecule has 170 valence electrons. The lowest BCUT2D eigenvalue weighted by atomic mass is 10.2. The van der Waals surface area contributed by atoms with Crippen LogP contribution in [0.1, 0.15) is 6.42 Å². The van der Waals surface area contributed by atoms with Crippen molar-refractivity contribution in [3.8, 4) is 0 Å². The maximum Gasteiger partial charge on any atom is 0.734 e. The summed E-state index contributed by atoms with van der Waals surface area (Å²) in [5.74, 6) is -11.9. The summed E-state index contributed by atoms with van der Waals surface area (Å²) in [6.07, 6.45) is -1.32. The van der Waals surface area contributed by atoms with Gasteiger partial charge in [0.05, 0.1) is 6.42 Å². The number of nitrogens with zero attached hydrogens (tertiary/aromatic N) is 6. The highest BCUT2D eigenvalue weighted by molar-refractivity contribution is 5.93. The molecule has 22 heteroatoms. The van der Waals surface area contributed by atoms with E-state index in [1.807, 2.05) is 0 Å². The van der Waals surface area contributed by atoms with Crippen LogP contribution in [0.2, 0.25) is 0 Å². The smallest absolute Gasteiger partial charge is 0.440 e. The lowest BCUT2D eigenvalue weighted by Crippen LogP contribution is -2.57. The number of carbonyl (C=O) groups excluding carboxylic acids is 2. The third kappa shape index (κ3) is 5.12. The van der Waals surface area contributed by atoms with Crippen molar-refractivity contribution in [2.24, 2.45) is 0 Å². The predicted molar refractivity (Wildman–Crippen MR) is 83.1 cm³/mol. The minimum Gasteiger partial charge on any atom is -0.440 e. The van der Waals surface area contributed by atoms with Crippen molar-refractivity contribution < 1.29 is 48.6 Å². The molecule has 0 aliphatic rings. The van der Waals surface area contributed by atoms with Crippen molar-refractivity contribution in [1.82, 2.24) is 0 Å². The van der Waals surface area contributed by atoms with E-state index in [2.05, 4.69) is 16.1 Å². The van der Waals surface area contributed by atoms with Gasteiger partial charge in [0.25, 0.3) is 0 Å². The number of hydrogen-bond acceptors (Lipinski definition) is 16. The second kappa shape index (κ2) is 9.52. The van der Waals surface area contributed by atoms with E-state index in [0.29, 0.717) is 0 Å². The van der Waals surface area contributed by atoms with E-state index in [4.69, 9.17) is 0 Å². The summed E-state index contributed by atoms with van der Waals surface area (Å²) in [6, 6.07) is 0. The normalized spacial score (nSPS) is 11.0. The number of esters is 2. The van der Waals surface area contributed by atoms with Crippen molar-refractivity contribution in [2.45, 2.75) is 18.0 Å². The molecule has 0 aromatic rings. The zero-order valence-electron chi connectivity index (χ0n) is 14.5. The zero-order chi connectivity index (χ0) is 24.7. The molecule has 0 spiro atoms. The molecule has 0 N–H and O–H groups in total. The van der Waals surface area contributed by atoms with Gasteiger partial charge in [0.15, 0.2) is 29.5 Å². The molecule has 31 heavy (non-hydrogen) atoms.